The third kappa shape index (κ3) is 3.10. The zero-order chi connectivity index (χ0) is 17.4. The number of para-hydroxylation sites is 1. The van der Waals surface area contributed by atoms with Crippen LogP contribution in [0.4, 0.5) is 5.69 Å². The molecule has 4 nitrogen and oxygen atoms in total. The highest BCUT2D eigenvalue weighted by molar-refractivity contribution is 8.18. The van der Waals surface area contributed by atoms with E-state index in [2.05, 4.69) is 21.4 Å². The molecule has 0 atom stereocenters. The van der Waals surface area contributed by atoms with Crippen LogP contribution in [0.1, 0.15) is 16.8 Å². The number of aliphatic imine (C=N–C) groups is 1. The molecule has 1 fully saturated rings. The summed E-state index contributed by atoms with van der Waals surface area (Å²) in [6, 6.07) is 16.0. The molecule has 0 radical (unpaired) electrons. The van der Waals surface area contributed by atoms with E-state index < -0.39 is 0 Å². The van der Waals surface area contributed by atoms with Crippen LogP contribution in [0.15, 0.2) is 58.4 Å². The number of carbonyl (C=O) groups excluding carboxylic acids is 1. The maximum Gasteiger partial charge on any atom is 0.264 e. The quantitative estimate of drug-likeness (QED) is 0.662. The molecule has 1 aromatic heterocycles. The van der Waals surface area contributed by atoms with Crippen LogP contribution in [0.5, 0.6) is 0 Å². The van der Waals surface area contributed by atoms with Gasteiger partial charge in [-0.2, -0.15) is 0 Å². The van der Waals surface area contributed by atoms with Gasteiger partial charge in [-0.15, -0.1) is 0 Å². The van der Waals surface area contributed by atoms with Gasteiger partial charge >= 0.3 is 0 Å². The molecular weight excluding hydrogens is 330 g/mol. The average molecular weight is 347 g/mol. The van der Waals surface area contributed by atoms with Crippen LogP contribution in [0.25, 0.3) is 17.0 Å². The maximum atomic E-state index is 12.3. The predicted molar refractivity (Wildman–Crippen MR) is 105 cm³/mol. The number of H-pyrrole nitrogens is 1. The highest BCUT2D eigenvalue weighted by Crippen LogP contribution is 2.31. The molecule has 25 heavy (non-hydrogen) atoms. The van der Waals surface area contributed by atoms with Crippen molar-refractivity contribution in [3.05, 3.63) is 70.3 Å². The summed E-state index contributed by atoms with van der Waals surface area (Å²) >= 11 is 1.37. The zero-order valence-corrected chi connectivity index (χ0v) is 14.8. The van der Waals surface area contributed by atoms with Crippen molar-refractivity contribution in [3.63, 3.8) is 0 Å². The van der Waals surface area contributed by atoms with Crippen LogP contribution < -0.4 is 5.32 Å². The smallest absolute Gasteiger partial charge is 0.264 e. The number of fused-ring (bicyclic) bond motifs is 1. The van der Waals surface area contributed by atoms with Crippen molar-refractivity contribution >= 4 is 45.5 Å². The van der Waals surface area contributed by atoms with Crippen molar-refractivity contribution in [1.82, 2.24) is 10.3 Å². The number of aryl methyl sites for hydroxylation is 2. The van der Waals surface area contributed by atoms with Gasteiger partial charge in [0.1, 0.15) is 0 Å². The van der Waals surface area contributed by atoms with Gasteiger partial charge in [-0.05, 0) is 49.9 Å². The number of hydrogen-bond donors (Lipinski definition) is 2. The minimum atomic E-state index is -0.111. The van der Waals surface area contributed by atoms with Gasteiger partial charge in [0, 0.05) is 22.2 Å². The van der Waals surface area contributed by atoms with E-state index in [1.54, 1.807) is 0 Å². The van der Waals surface area contributed by atoms with Gasteiger partial charge in [0.15, 0.2) is 5.17 Å². The van der Waals surface area contributed by atoms with Crippen LogP contribution in [0.2, 0.25) is 0 Å². The fourth-order valence-electron chi connectivity index (χ4n) is 2.83. The minimum absolute atomic E-state index is 0.111. The summed E-state index contributed by atoms with van der Waals surface area (Å²) in [5, 5.41) is 4.57. The zero-order valence-electron chi connectivity index (χ0n) is 14.0. The maximum absolute atomic E-state index is 12.3. The molecule has 4 rings (SSSR count). The largest absolute Gasteiger partial charge is 0.358 e. The lowest BCUT2D eigenvalue weighted by Crippen LogP contribution is -2.19. The molecule has 5 heteroatoms. The van der Waals surface area contributed by atoms with Gasteiger partial charge in [0.25, 0.3) is 5.91 Å². The Balaban J connectivity index is 1.67. The van der Waals surface area contributed by atoms with Crippen LogP contribution in [0, 0.1) is 13.8 Å². The molecule has 2 N–H and O–H groups in total. The number of amidine groups is 1. The molecular formula is C20H17N3OS. The van der Waals surface area contributed by atoms with Crippen LogP contribution in [0.3, 0.4) is 0 Å². The number of nitrogens with one attached hydrogen (secondary N) is 2. The van der Waals surface area contributed by atoms with E-state index in [1.165, 1.54) is 17.3 Å². The summed E-state index contributed by atoms with van der Waals surface area (Å²) in [7, 11) is 0. The van der Waals surface area contributed by atoms with Gasteiger partial charge in [0.2, 0.25) is 0 Å². The Labute approximate surface area is 150 Å². The van der Waals surface area contributed by atoms with E-state index in [-0.39, 0.29) is 5.91 Å². The minimum Gasteiger partial charge on any atom is -0.358 e. The van der Waals surface area contributed by atoms with Crippen molar-refractivity contribution in [1.29, 1.82) is 0 Å². The average Bonchev–Trinajstić information content (AvgIpc) is 3.10. The molecule has 2 aromatic carbocycles. The third-order valence-electron chi connectivity index (χ3n) is 4.13. The van der Waals surface area contributed by atoms with Crippen molar-refractivity contribution in [2.24, 2.45) is 4.99 Å². The molecule has 2 heterocycles. The van der Waals surface area contributed by atoms with Gasteiger partial charge < -0.3 is 10.3 Å². The number of thioether (sulfide) groups is 1. The molecule has 0 unspecified atom stereocenters. The second-order valence-electron chi connectivity index (χ2n) is 6.03. The van der Waals surface area contributed by atoms with Crippen molar-refractivity contribution in [2.45, 2.75) is 13.8 Å². The van der Waals surface area contributed by atoms with E-state index in [0.29, 0.717) is 10.1 Å². The lowest BCUT2D eigenvalue weighted by Gasteiger charge is -1.97. The Hall–Kier alpha value is -2.79. The number of benzene rings is 2. The summed E-state index contributed by atoms with van der Waals surface area (Å²) in [5.41, 5.74) is 5.18. The second kappa shape index (κ2) is 6.26. The van der Waals surface area contributed by atoms with E-state index in [0.717, 1.165) is 27.8 Å². The highest BCUT2D eigenvalue weighted by Gasteiger charge is 2.24. The first-order valence-electron chi connectivity index (χ1n) is 8.04. The van der Waals surface area contributed by atoms with Gasteiger partial charge in [-0.1, -0.05) is 35.9 Å². The molecule has 1 saturated heterocycles. The topological polar surface area (TPSA) is 57.2 Å². The molecule has 1 aliphatic heterocycles. The van der Waals surface area contributed by atoms with E-state index >= 15 is 0 Å². The highest BCUT2D eigenvalue weighted by atomic mass is 32.2. The first-order chi connectivity index (χ1) is 12.1. The van der Waals surface area contributed by atoms with Crippen LogP contribution >= 0.6 is 11.8 Å². The predicted octanol–water partition coefficient (Wildman–Crippen LogP) is 4.68. The molecule has 1 amide bonds. The van der Waals surface area contributed by atoms with E-state index in [4.69, 9.17) is 0 Å². The van der Waals surface area contributed by atoms with Crippen molar-refractivity contribution < 1.29 is 4.79 Å². The lowest BCUT2D eigenvalue weighted by molar-refractivity contribution is -0.115. The standard InChI is InChI=1S/C20H17N3OS/c1-12-7-9-14(10-8-12)22-20-23-19(24)18(25-20)11-16-13(2)21-17-6-4-3-5-15(16)17/h3-11,21H,1-2H3,(H,22,23,24)/b18-11+. The fourth-order valence-corrected chi connectivity index (χ4v) is 3.66. The first kappa shape index (κ1) is 15.7. The van der Waals surface area contributed by atoms with Crippen molar-refractivity contribution in [2.75, 3.05) is 0 Å². The molecule has 1 aliphatic rings. The van der Waals surface area contributed by atoms with Gasteiger partial charge in [-0.25, -0.2) is 4.99 Å². The summed E-state index contributed by atoms with van der Waals surface area (Å²) in [5.74, 6) is -0.111. The van der Waals surface area contributed by atoms with Crippen LogP contribution in [-0.2, 0) is 4.79 Å². The monoisotopic (exact) mass is 347 g/mol. The number of amides is 1. The number of aromatic nitrogens is 1. The molecule has 3 aromatic rings. The third-order valence-corrected chi connectivity index (χ3v) is 5.04. The second-order valence-corrected chi connectivity index (χ2v) is 7.06. The Bertz CT molecular complexity index is 1030. The molecule has 0 saturated carbocycles. The van der Waals surface area contributed by atoms with Gasteiger partial charge in [-0.3, -0.25) is 4.79 Å². The summed E-state index contributed by atoms with van der Waals surface area (Å²) in [4.78, 5) is 20.8. The van der Waals surface area contributed by atoms with E-state index in [9.17, 15) is 4.79 Å². The Morgan fingerprint density at radius 3 is 2.60 bits per heavy atom. The summed E-state index contributed by atoms with van der Waals surface area (Å²) in [6.45, 7) is 4.05. The molecule has 0 spiro atoms. The molecule has 124 valence electrons. The SMILES string of the molecule is Cc1ccc(/N=C2/NC(=O)/C(=C\c3c(C)[nH]c4ccccc34)S2)cc1. The van der Waals surface area contributed by atoms with Gasteiger partial charge in [0.05, 0.1) is 10.6 Å². The number of aromatic amines is 1. The van der Waals surface area contributed by atoms with E-state index in [1.807, 2.05) is 62.4 Å². The van der Waals surface area contributed by atoms with Crippen LogP contribution in [-0.4, -0.2) is 16.1 Å². The number of carbonyl (C=O) groups is 1. The molecule has 0 aliphatic carbocycles. The number of rotatable bonds is 2. The first-order valence-corrected chi connectivity index (χ1v) is 8.85. The fraction of sp³-hybridized carbons (Fsp3) is 0.100. The Morgan fingerprint density at radius 1 is 1.04 bits per heavy atom. The lowest BCUT2D eigenvalue weighted by atomic mass is 10.1. The normalized spacial score (nSPS) is 17.6. The number of hydrogen-bond acceptors (Lipinski definition) is 3. The molecule has 0 bridgehead atoms. The summed E-state index contributed by atoms with van der Waals surface area (Å²) in [6.07, 6.45) is 1.94. The van der Waals surface area contributed by atoms with Crippen molar-refractivity contribution in [3.8, 4) is 0 Å². The number of nitrogens with zero attached hydrogens (tertiary/aromatic N) is 1. The Morgan fingerprint density at radius 2 is 1.80 bits per heavy atom. The Kier molecular flexibility index (Phi) is 3.93. The summed E-state index contributed by atoms with van der Waals surface area (Å²) < 4.78 is 0.